The van der Waals surface area contributed by atoms with E-state index >= 15 is 0 Å². The summed E-state index contributed by atoms with van der Waals surface area (Å²) in [6, 6.07) is 12.5. The highest BCUT2D eigenvalue weighted by Gasteiger charge is 2.77. The van der Waals surface area contributed by atoms with Crippen molar-refractivity contribution >= 4 is 0 Å². The summed E-state index contributed by atoms with van der Waals surface area (Å²) in [4.78, 5) is 5.79. The summed E-state index contributed by atoms with van der Waals surface area (Å²) in [5.74, 6) is 3.81. The van der Waals surface area contributed by atoms with Crippen molar-refractivity contribution in [3.05, 3.63) is 58.6 Å². The van der Waals surface area contributed by atoms with Crippen LogP contribution in [0.5, 0.6) is 0 Å². The van der Waals surface area contributed by atoms with Crippen LogP contribution < -0.4 is 0 Å². The quantitative estimate of drug-likeness (QED) is 0.599. The monoisotopic (exact) mass is 472 g/mol. The second-order valence-electron chi connectivity index (χ2n) is 13.0. The minimum atomic E-state index is 0.151. The van der Waals surface area contributed by atoms with Gasteiger partial charge in [-0.15, -0.1) is 0 Å². The van der Waals surface area contributed by atoms with Crippen LogP contribution in [0.3, 0.4) is 0 Å². The molecule has 3 unspecified atom stereocenters. The van der Waals surface area contributed by atoms with E-state index in [1.165, 1.54) is 75.7 Å². The van der Waals surface area contributed by atoms with Gasteiger partial charge >= 0.3 is 0 Å². The molecule has 2 heterocycles. The van der Waals surface area contributed by atoms with Gasteiger partial charge in [0.25, 0.3) is 0 Å². The third-order valence-corrected chi connectivity index (χ3v) is 11.8. The van der Waals surface area contributed by atoms with Gasteiger partial charge in [0.15, 0.2) is 5.76 Å². The molecule has 2 saturated heterocycles. The molecule has 35 heavy (non-hydrogen) atoms. The Balaban J connectivity index is 1.24. The van der Waals surface area contributed by atoms with Gasteiger partial charge in [0, 0.05) is 49.1 Å². The summed E-state index contributed by atoms with van der Waals surface area (Å²) in [5, 5.41) is 11.8. The lowest BCUT2D eigenvalue weighted by Crippen LogP contribution is -2.68. The number of likely N-dealkylation sites (tertiary alicyclic amines) is 2. The zero-order chi connectivity index (χ0) is 23.4. The molecular weight excluding hydrogens is 432 g/mol. The molecule has 1 aromatic rings. The van der Waals surface area contributed by atoms with Crippen molar-refractivity contribution in [2.75, 3.05) is 26.7 Å². The summed E-state index contributed by atoms with van der Waals surface area (Å²) in [6.07, 6.45) is 11.3. The number of hydrogen-bond donors (Lipinski definition) is 1. The average Bonchev–Trinajstić information content (AvgIpc) is 3.58. The van der Waals surface area contributed by atoms with E-state index in [2.05, 4.69) is 40.1 Å². The first-order valence-corrected chi connectivity index (χ1v) is 14.4. The Bertz CT molecular complexity index is 1110. The summed E-state index contributed by atoms with van der Waals surface area (Å²) < 4.78 is 5.78. The molecule has 5 fully saturated rings. The first-order valence-electron chi connectivity index (χ1n) is 14.4. The first kappa shape index (κ1) is 21.3. The maximum Gasteiger partial charge on any atom is 0.157 e. The Morgan fingerprint density at radius 3 is 2.71 bits per heavy atom. The molecule has 6 atom stereocenters. The van der Waals surface area contributed by atoms with E-state index in [9.17, 15) is 5.11 Å². The van der Waals surface area contributed by atoms with Gasteiger partial charge in [-0.3, -0.25) is 9.80 Å². The van der Waals surface area contributed by atoms with Gasteiger partial charge in [0.1, 0.15) is 5.76 Å². The van der Waals surface area contributed by atoms with Crippen LogP contribution in [0, 0.1) is 28.6 Å². The van der Waals surface area contributed by atoms with E-state index in [0.29, 0.717) is 29.2 Å². The minimum Gasteiger partial charge on any atom is -0.504 e. The lowest BCUT2D eigenvalue weighted by molar-refractivity contribution is -0.131. The number of methoxy groups -OCH3 is 1. The molecule has 0 spiro atoms. The van der Waals surface area contributed by atoms with E-state index in [-0.39, 0.29) is 5.41 Å². The van der Waals surface area contributed by atoms with Gasteiger partial charge < -0.3 is 9.84 Å². The van der Waals surface area contributed by atoms with Gasteiger partial charge in [0.05, 0.1) is 7.11 Å². The summed E-state index contributed by atoms with van der Waals surface area (Å²) >= 11 is 0. The van der Waals surface area contributed by atoms with Crippen molar-refractivity contribution in [1.82, 2.24) is 9.80 Å². The molecular formula is C31H40N2O2. The number of rotatable bonds is 5. The van der Waals surface area contributed by atoms with Crippen LogP contribution in [0.1, 0.15) is 63.4 Å². The van der Waals surface area contributed by atoms with E-state index in [1.54, 1.807) is 12.7 Å². The van der Waals surface area contributed by atoms with Crippen LogP contribution in [-0.4, -0.2) is 53.7 Å². The first-order chi connectivity index (χ1) is 17.1. The third-order valence-electron chi connectivity index (χ3n) is 11.8. The molecule has 8 rings (SSSR count). The molecule has 1 aromatic carbocycles. The van der Waals surface area contributed by atoms with Gasteiger partial charge in [-0.1, -0.05) is 35.9 Å². The largest absolute Gasteiger partial charge is 0.504 e. The van der Waals surface area contributed by atoms with Crippen molar-refractivity contribution < 1.29 is 9.84 Å². The summed E-state index contributed by atoms with van der Waals surface area (Å²) in [6.45, 7) is 4.88. The fourth-order valence-corrected chi connectivity index (χ4v) is 10.6. The van der Waals surface area contributed by atoms with Crippen LogP contribution in [-0.2, 0) is 11.3 Å². The molecule has 4 bridgehead atoms. The highest BCUT2D eigenvalue weighted by molar-refractivity contribution is 5.51. The standard InChI is InChI=1S/C31H40N2O2/c1-35-25-10-9-22-15-26-30-12-11-24-27(23(16-30)19-33(24)18-20-5-3-2-4-6-20)31(30,28(22)29(25)34)13-14-32(26)17-21-7-8-21/h2-6,21,23-24,26-27,34H,7-19H2,1H3/t23-,24?,26-,27?,30?,31+/m1/s1. The Hall–Kier alpha value is -1.78. The van der Waals surface area contributed by atoms with Crippen LogP contribution >= 0.6 is 0 Å². The van der Waals surface area contributed by atoms with Gasteiger partial charge in [-0.25, -0.2) is 0 Å². The third kappa shape index (κ3) is 2.71. The molecule has 0 radical (unpaired) electrons. The second kappa shape index (κ2) is 7.38. The summed E-state index contributed by atoms with van der Waals surface area (Å²) in [5.41, 5.74) is 4.94. The van der Waals surface area contributed by atoms with E-state index < -0.39 is 0 Å². The molecule has 5 aliphatic carbocycles. The fraction of sp³-hybridized carbons (Fsp3) is 0.677. The van der Waals surface area contributed by atoms with Crippen molar-refractivity contribution in [3.63, 3.8) is 0 Å². The predicted molar refractivity (Wildman–Crippen MR) is 137 cm³/mol. The maximum atomic E-state index is 11.8. The number of ether oxygens (including phenoxy) is 1. The van der Waals surface area contributed by atoms with Gasteiger partial charge in [-0.2, -0.15) is 0 Å². The number of piperidine rings is 1. The Morgan fingerprint density at radius 2 is 1.91 bits per heavy atom. The molecule has 4 nitrogen and oxygen atoms in total. The number of nitrogens with zero attached hydrogens (tertiary/aromatic N) is 2. The number of aliphatic hydroxyl groups is 1. The Morgan fingerprint density at radius 1 is 1.06 bits per heavy atom. The van der Waals surface area contributed by atoms with Crippen LogP contribution in [0.15, 0.2) is 53.0 Å². The van der Waals surface area contributed by atoms with E-state index in [1.807, 2.05) is 0 Å². The molecule has 1 N–H and O–H groups in total. The smallest absolute Gasteiger partial charge is 0.157 e. The molecule has 0 amide bonds. The lowest BCUT2D eigenvalue weighted by Gasteiger charge is -2.67. The number of aliphatic hydroxyl groups excluding tert-OH is 1. The zero-order valence-electron chi connectivity index (χ0n) is 21.2. The molecule has 3 saturated carbocycles. The SMILES string of the molecule is COC1=C(O)C2=C(CC1)C[C@H]1N(CC3CC3)CC[C@]23C2C4CCC13C[C@@H]2CN4Cc1ccccc1. The van der Waals surface area contributed by atoms with Crippen molar-refractivity contribution in [2.24, 2.45) is 28.6 Å². The molecule has 7 aliphatic rings. The van der Waals surface area contributed by atoms with Crippen molar-refractivity contribution in [1.29, 1.82) is 0 Å². The fourth-order valence-electron chi connectivity index (χ4n) is 10.6. The van der Waals surface area contributed by atoms with Crippen LogP contribution in [0.4, 0.5) is 0 Å². The van der Waals surface area contributed by atoms with Crippen molar-refractivity contribution in [2.45, 2.75) is 76.4 Å². The normalized spacial score (nSPS) is 42.3. The van der Waals surface area contributed by atoms with Gasteiger partial charge in [0.2, 0.25) is 0 Å². The number of allylic oxidation sites excluding steroid dienone is 2. The van der Waals surface area contributed by atoms with E-state index in [0.717, 1.165) is 37.0 Å². The molecule has 4 heteroatoms. The number of hydrogen-bond acceptors (Lipinski definition) is 4. The topological polar surface area (TPSA) is 35.9 Å². The Kier molecular flexibility index (Phi) is 4.50. The molecule has 0 aromatic heterocycles. The summed E-state index contributed by atoms with van der Waals surface area (Å²) in [7, 11) is 1.76. The lowest BCUT2D eigenvalue weighted by atomic mass is 9.42. The van der Waals surface area contributed by atoms with Gasteiger partial charge in [-0.05, 0) is 86.6 Å². The minimum absolute atomic E-state index is 0.151. The highest BCUT2D eigenvalue weighted by Crippen LogP contribution is 2.79. The number of benzene rings is 1. The van der Waals surface area contributed by atoms with Crippen molar-refractivity contribution in [3.8, 4) is 0 Å². The average molecular weight is 473 g/mol. The van der Waals surface area contributed by atoms with Crippen LogP contribution in [0.25, 0.3) is 0 Å². The zero-order valence-corrected chi connectivity index (χ0v) is 21.2. The maximum absolute atomic E-state index is 11.8. The molecule has 2 aliphatic heterocycles. The molecule has 186 valence electrons. The second-order valence-corrected chi connectivity index (χ2v) is 13.0. The highest BCUT2D eigenvalue weighted by atomic mass is 16.5. The predicted octanol–water partition coefficient (Wildman–Crippen LogP) is 5.67. The van der Waals surface area contributed by atoms with E-state index in [4.69, 9.17) is 4.74 Å². The Labute approximate surface area is 210 Å². The van der Waals surface area contributed by atoms with Crippen LogP contribution in [0.2, 0.25) is 0 Å².